The van der Waals surface area contributed by atoms with E-state index in [1.54, 1.807) is 17.5 Å². The third-order valence-electron chi connectivity index (χ3n) is 3.28. The third kappa shape index (κ3) is 4.59. The minimum absolute atomic E-state index is 0.0351. The average Bonchev–Trinajstić information content (AvgIpc) is 3.27. The van der Waals surface area contributed by atoms with Crippen LogP contribution in [0.4, 0.5) is 5.13 Å². The highest BCUT2D eigenvalue weighted by molar-refractivity contribution is 7.14. The fourth-order valence-corrected chi connectivity index (χ4v) is 3.29. The van der Waals surface area contributed by atoms with E-state index in [9.17, 15) is 9.59 Å². The summed E-state index contributed by atoms with van der Waals surface area (Å²) in [7, 11) is 0. The largest absolute Gasteiger partial charge is 0.458 e. The quantitative estimate of drug-likeness (QED) is 0.596. The number of pyridine rings is 1. The van der Waals surface area contributed by atoms with Crippen molar-refractivity contribution in [3.63, 3.8) is 0 Å². The maximum absolute atomic E-state index is 12.3. The molecule has 0 radical (unpaired) electrons. The highest BCUT2D eigenvalue weighted by Gasteiger charge is 2.19. The summed E-state index contributed by atoms with van der Waals surface area (Å²) < 4.78 is 5.62. The van der Waals surface area contributed by atoms with Gasteiger partial charge in [-0.2, -0.15) is 0 Å². The van der Waals surface area contributed by atoms with Gasteiger partial charge in [-0.25, -0.2) is 9.97 Å². The summed E-state index contributed by atoms with van der Waals surface area (Å²) in [5, 5.41) is 7.48. The molecule has 0 saturated heterocycles. The molecule has 11 heteroatoms. The molecule has 140 valence electrons. The van der Waals surface area contributed by atoms with Gasteiger partial charge in [0.15, 0.2) is 10.9 Å². The summed E-state index contributed by atoms with van der Waals surface area (Å²) >= 11 is 19.0. The van der Waals surface area contributed by atoms with E-state index in [2.05, 4.69) is 20.6 Å². The Morgan fingerprint density at radius 2 is 2.00 bits per heavy atom. The van der Waals surface area contributed by atoms with Gasteiger partial charge in [-0.15, -0.1) is 11.3 Å². The topological polar surface area (TPSA) is 97.1 Å². The second kappa shape index (κ2) is 8.26. The van der Waals surface area contributed by atoms with Crippen molar-refractivity contribution in [2.45, 2.75) is 13.5 Å². The van der Waals surface area contributed by atoms with Crippen molar-refractivity contribution in [2.75, 3.05) is 5.32 Å². The molecule has 0 saturated carbocycles. The molecule has 2 N–H and O–H groups in total. The summed E-state index contributed by atoms with van der Waals surface area (Å²) in [6.07, 6.45) is 1.25. The summed E-state index contributed by atoms with van der Waals surface area (Å²) in [5.41, 5.74) is 0.482. The molecular weight excluding hydrogens is 435 g/mol. The van der Waals surface area contributed by atoms with Gasteiger partial charge in [0, 0.05) is 18.5 Å². The first-order chi connectivity index (χ1) is 12.8. The number of aromatic nitrogens is 2. The van der Waals surface area contributed by atoms with Crippen LogP contribution in [0.2, 0.25) is 15.1 Å². The highest BCUT2D eigenvalue weighted by Crippen LogP contribution is 2.32. The van der Waals surface area contributed by atoms with Gasteiger partial charge < -0.3 is 9.73 Å². The Kier molecular flexibility index (Phi) is 6.01. The van der Waals surface area contributed by atoms with E-state index < -0.39 is 5.91 Å². The summed E-state index contributed by atoms with van der Waals surface area (Å²) in [5.74, 6) is 0.384. The molecular formula is C16H11Cl3N4O3S. The zero-order valence-electron chi connectivity index (χ0n) is 13.7. The van der Waals surface area contributed by atoms with Gasteiger partial charge in [0.05, 0.1) is 21.6 Å². The predicted molar refractivity (Wildman–Crippen MR) is 105 cm³/mol. The van der Waals surface area contributed by atoms with Crippen molar-refractivity contribution in [3.05, 3.63) is 50.2 Å². The Balaban J connectivity index is 1.72. The number of nitrogens with one attached hydrogen (secondary N) is 2. The maximum Gasteiger partial charge on any atom is 0.277 e. The van der Waals surface area contributed by atoms with Crippen LogP contribution in [0.1, 0.15) is 23.2 Å². The molecule has 0 fully saturated rings. The van der Waals surface area contributed by atoms with Crippen LogP contribution < -0.4 is 10.6 Å². The molecule has 0 unspecified atom stereocenters. The van der Waals surface area contributed by atoms with Crippen LogP contribution in [0.3, 0.4) is 0 Å². The van der Waals surface area contributed by atoms with Crippen LogP contribution in [-0.4, -0.2) is 21.8 Å². The van der Waals surface area contributed by atoms with E-state index in [1.165, 1.54) is 24.5 Å². The number of hydrogen-bond acceptors (Lipinski definition) is 6. The second-order valence-electron chi connectivity index (χ2n) is 5.25. The lowest BCUT2D eigenvalue weighted by atomic mass is 10.3. The molecule has 3 aromatic heterocycles. The molecule has 0 aliphatic heterocycles. The minimum Gasteiger partial charge on any atom is -0.458 e. The molecule has 3 aromatic rings. The number of halogens is 3. The monoisotopic (exact) mass is 444 g/mol. The third-order valence-corrected chi connectivity index (χ3v) is 5.28. The zero-order valence-corrected chi connectivity index (χ0v) is 16.8. The standard InChI is InChI=1S/C16H11Cl3N4O3S/c1-7(24)20-4-8-2-3-11(26-8)10-6-27-16(22-10)23-15(25)14-13(19)12(18)9(17)5-21-14/h2-3,5-6H,4H2,1H3,(H,20,24)(H,22,23,25). The SMILES string of the molecule is CC(=O)NCc1ccc(-c2csc(NC(=O)c3ncc(Cl)c(Cl)c3Cl)n2)o1. The van der Waals surface area contributed by atoms with E-state index in [-0.39, 0.29) is 33.2 Å². The van der Waals surface area contributed by atoms with E-state index >= 15 is 0 Å². The molecule has 0 aliphatic carbocycles. The van der Waals surface area contributed by atoms with Gasteiger partial charge in [0.25, 0.3) is 5.91 Å². The number of rotatable bonds is 5. The predicted octanol–water partition coefficient (Wildman–Crippen LogP) is 4.65. The van der Waals surface area contributed by atoms with Crippen molar-refractivity contribution >= 4 is 63.1 Å². The average molecular weight is 446 g/mol. The summed E-state index contributed by atoms with van der Waals surface area (Å²) in [6, 6.07) is 3.47. The number of nitrogens with zero attached hydrogens (tertiary/aromatic N) is 2. The molecule has 2 amide bonds. The first-order valence-corrected chi connectivity index (χ1v) is 9.46. The Hall–Kier alpha value is -2.13. The second-order valence-corrected chi connectivity index (χ2v) is 7.27. The van der Waals surface area contributed by atoms with Gasteiger partial charge in [0.1, 0.15) is 17.1 Å². The van der Waals surface area contributed by atoms with Crippen LogP contribution in [0.25, 0.3) is 11.5 Å². The summed E-state index contributed by atoms with van der Waals surface area (Å²) in [6.45, 7) is 1.71. The van der Waals surface area contributed by atoms with Crippen LogP contribution in [-0.2, 0) is 11.3 Å². The Labute approximate surface area is 172 Å². The Morgan fingerprint density at radius 3 is 2.74 bits per heavy atom. The lowest BCUT2D eigenvalue weighted by Gasteiger charge is -2.05. The molecule has 0 aromatic carbocycles. The number of thiazole rings is 1. The van der Waals surface area contributed by atoms with E-state index in [4.69, 9.17) is 39.2 Å². The fraction of sp³-hybridized carbons (Fsp3) is 0.125. The zero-order chi connectivity index (χ0) is 19.6. The lowest BCUT2D eigenvalue weighted by molar-refractivity contribution is -0.119. The molecule has 27 heavy (non-hydrogen) atoms. The lowest BCUT2D eigenvalue weighted by Crippen LogP contribution is -2.18. The minimum atomic E-state index is -0.565. The number of anilines is 1. The van der Waals surface area contributed by atoms with E-state index in [0.29, 0.717) is 22.3 Å². The molecule has 0 spiro atoms. The van der Waals surface area contributed by atoms with Crippen molar-refractivity contribution in [3.8, 4) is 11.5 Å². The number of carbonyl (C=O) groups excluding carboxylic acids is 2. The molecule has 0 atom stereocenters. The van der Waals surface area contributed by atoms with Gasteiger partial charge >= 0.3 is 0 Å². The molecule has 0 bridgehead atoms. The van der Waals surface area contributed by atoms with Crippen molar-refractivity contribution < 1.29 is 14.0 Å². The number of hydrogen-bond donors (Lipinski definition) is 2. The van der Waals surface area contributed by atoms with Gasteiger partial charge in [0.2, 0.25) is 5.91 Å². The van der Waals surface area contributed by atoms with Crippen molar-refractivity contribution in [1.82, 2.24) is 15.3 Å². The maximum atomic E-state index is 12.3. The smallest absolute Gasteiger partial charge is 0.277 e. The van der Waals surface area contributed by atoms with Crippen LogP contribution >= 0.6 is 46.1 Å². The molecule has 3 heterocycles. The van der Waals surface area contributed by atoms with Crippen molar-refractivity contribution in [1.29, 1.82) is 0 Å². The number of furan rings is 1. The first kappa shape index (κ1) is 19.6. The van der Waals surface area contributed by atoms with Crippen LogP contribution in [0.15, 0.2) is 28.1 Å². The van der Waals surface area contributed by atoms with Gasteiger partial charge in [-0.05, 0) is 12.1 Å². The fourth-order valence-electron chi connectivity index (χ4n) is 2.02. The molecule has 0 aliphatic rings. The molecule has 3 rings (SSSR count). The number of amides is 2. The Morgan fingerprint density at radius 1 is 1.22 bits per heavy atom. The van der Waals surface area contributed by atoms with Crippen LogP contribution in [0, 0.1) is 0 Å². The normalized spacial score (nSPS) is 10.7. The molecule has 7 nitrogen and oxygen atoms in total. The van der Waals surface area contributed by atoms with Crippen LogP contribution in [0.5, 0.6) is 0 Å². The van der Waals surface area contributed by atoms with E-state index in [1.807, 2.05) is 0 Å². The Bertz CT molecular complexity index is 1020. The van der Waals surface area contributed by atoms with Crippen molar-refractivity contribution in [2.24, 2.45) is 0 Å². The van der Waals surface area contributed by atoms with Gasteiger partial charge in [-0.1, -0.05) is 34.8 Å². The highest BCUT2D eigenvalue weighted by atomic mass is 35.5. The first-order valence-electron chi connectivity index (χ1n) is 7.45. The number of carbonyl (C=O) groups is 2. The summed E-state index contributed by atoms with van der Waals surface area (Å²) in [4.78, 5) is 31.5. The van der Waals surface area contributed by atoms with Gasteiger partial charge in [-0.3, -0.25) is 14.9 Å². The van der Waals surface area contributed by atoms with E-state index in [0.717, 1.165) is 0 Å².